The number of fused-ring (bicyclic) bond motifs is 1. The number of anilines is 1. The molecule has 1 amide bonds. The van der Waals surface area contributed by atoms with Crippen LogP contribution in [0.3, 0.4) is 0 Å². The van der Waals surface area contributed by atoms with Gasteiger partial charge >= 0.3 is 0 Å². The average molecular weight is 420 g/mol. The van der Waals surface area contributed by atoms with E-state index in [0.717, 1.165) is 55.5 Å². The molecule has 5 rings (SSSR count). The number of nitrogens with one attached hydrogen (secondary N) is 2. The van der Waals surface area contributed by atoms with Crippen molar-refractivity contribution in [2.45, 2.75) is 50.5 Å². The first kappa shape index (κ1) is 20.0. The molecule has 2 fully saturated rings. The topological polar surface area (TPSA) is 78.8 Å². The minimum Gasteiger partial charge on any atom is -0.367 e. The summed E-state index contributed by atoms with van der Waals surface area (Å²) in [6.45, 7) is 3.18. The van der Waals surface area contributed by atoms with Gasteiger partial charge in [-0.05, 0) is 43.9 Å². The van der Waals surface area contributed by atoms with Gasteiger partial charge in [-0.3, -0.25) is 9.79 Å². The highest BCUT2D eigenvalue weighted by Gasteiger charge is 2.45. The number of benzene rings is 1. The molecule has 1 aliphatic carbocycles. The molecule has 0 radical (unpaired) electrons. The molecule has 7 heteroatoms. The summed E-state index contributed by atoms with van der Waals surface area (Å²) in [5, 5.41) is 8.14. The number of nitrogens with zero attached hydrogens (tertiary/aromatic N) is 3. The molecule has 2 aliphatic heterocycles. The van der Waals surface area contributed by atoms with Crippen LogP contribution in [0.25, 0.3) is 10.9 Å². The SMILES string of the molecule is CC(=O)N1CCC(C2(O[C@H]3C[C@H](Nc4ccc5ccccc5n4)C3)C=NC=CN2)CC1. The van der Waals surface area contributed by atoms with Crippen LogP contribution in [0.2, 0.25) is 0 Å². The van der Waals surface area contributed by atoms with E-state index in [0.29, 0.717) is 6.04 Å². The van der Waals surface area contributed by atoms with Crippen molar-refractivity contribution < 1.29 is 9.53 Å². The van der Waals surface area contributed by atoms with Gasteiger partial charge in [-0.25, -0.2) is 4.98 Å². The highest BCUT2D eigenvalue weighted by atomic mass is 16.5. The number of hydrogen-bond donors (Lipinski definition) is 2. The molecular formula is C24H29N5O2. The Kier molecular flexibility index (Phi) is 5.36. The third kappa shape index (κ3) is 4.14. The molecule has 2 aromatic rings. The lowest BCUT2D eigenvalue weighted by molar-refractivity contribution is -0.141. The largest absolute Gasteiger partial charge is 0.367 e. The summed E-state index contributed by atoms with van der Waals surface area (Å²) in [4.78, 5) is 22.7. The molecule has 31 heavy (non-hydrogen) atoms. The Balaban J connectivity index is 1.19. The molecule has 1 saturated heterocycles. The molecule has 7 nitrogen and oxygen atoms in total. The van der Waals surface area contributed by atoms with Gasteiger partial charge in [0.2, 0.25) is 5.91 Å². The third-order valence-corrected chi connectivity index (χ3v) is 6.69. The predicted octanol–water partition coefficient (Wildman–Crippen LogP) is 3.29. The van der Waals surface area contributed by atoms with Crippen molar-refractivity contribution in [2.24, 2.45) is 10.9 Å². The molecule has 3 heterocycles. The number of aliphatic imine (C=N–C) groups is 1. The van der Waals surface area contributed by atoms with Gasteiger partial charge in [0.25, 0.3) is 0 Å². The molecule has 162 valence electrons. The zero-order valence-corrected chi connectivity index (χ0v) is 17.8. The minimum atomic E-state index is -0.589. The van der Waals surface area contributed by atoms with Gasteiger partial charge in [-0.15, -0.1) is 0 Å². The smallest absolute Gasteiger partial charge is 0.219 e. The van der Waals surface area contributed by atoms with Crippen LogP contribution in [0.1, 0.15) is 32.6 Å². The van der Waals surface area contributed by atoms with Crippen LogP contribution in [0.5, 0.6) is 0 Å². The number of carbonyl (C=O) groups is 1. The Morgan fingerprint density at radius 2 is 2.00 bits per heavy atom. The van der Waals surface area contributed by atoms with Gasteiger partial charge in [0, 0.05) is 49.8 Å². The van der Waals surface area contributed by atoms with Crippen LogP contribution >= 0.6 is 0 Å². The first-order chi connectivity index (χ1) is 15.1. The summed E-state index contributed by atoms with van der Waals surface area (Å²) in [6.07, 6.45) is 9.36. The lowest BCUT2D eigenvalue weighted by atomic mass is 9.84. The van der Waals surface area contributed by atoms with Gasteiger partial charge < -0.3 is 20.3 Å². The normalized spacial score (nSPS) is 28.2. The summed E-state index contributed by atoms with van der Waals surface area (Å²) >= 11 is 0. The Morgan fingerprint density at radius 3 is 2.74 bits per heavy atom. The number of hydrogen-bond acceptors (Lipinski definition) is 6. The summed E-state index contributed by atoms with van der Waals surface area (Å²) in [7, 11) is 0. The van der Waals surface area contributed by atoms with Gasteiger partial charge in [0.1, 0.15) is 5.82 Å². The zero-order chi connectivity index (χ0) is 21.3. The van der Waals surface area contributed by atoms with Crippen molar-refractivity contribution in [1.82, 2.24) is 15.2 Å². The predicted molar refractivity (Wildman–Crippen MR) is 122 cm³/mol. The Hall–Kier alpha value is -2.93. The van der Waals surface area contributed by atoms with Gasteiger partial charge in [-0.2, -0.15) is 0 Å². The van der Waals surface area contributed by atoms with Crippen molar-refractivity contribution >= 4 is 28.8 Å². The first-order valence-corrected chi connectivity index (χ1v) is 11.1. The quantitative estimate of drug-likeness (QED) is 0.778. The van der Waals surface area contributed by atoms with Crippen LogP contribution in [0.4, 0.5) is 5.82 Å². The van der Waals surface area contributed by atoms with Crippen LogP contribution in [-0.2, 0) is 9.53 Å². The molecular weight excluding hydrogens is 390 g/mol. The number of amides is 1. The second-order valence-electron chi connectivity index (χ2n) is 8.75. The second-order valence-corrected chi connectivity index (χ2v) is 8.75. The van der Waals surface area contributed by atoms with E-state index >= 15 is 0 Å². The van der Waals surface area contributed by atoms with Crippen molar-refractivity contribution in [3.05, 3.63) is 48.8 Å². The highest BCUT2D eigenvalue weighted by molar-refractivity contribution is 5.80. The standard InChI is InChI=1S/C24H29N5O2/c1-17(30)29-12-8-19(9-13-29)24(16-25-10-11-26-24)31-21-14-20(15-21)27-23-7-6-18-4-2-3-5-22(18)28-23/h2-7,10-11,16,19-21,26H,8-9,12-15H2,1H3,(H,27,28)/t20-,21-,24?. The maximum absolute atomic E-state index is 11.7. The molecule has 1 atom stereocenters. The lowest BCUT2D eigenvalue weighted by Crippen LogP contribution is -2.60. The number of para-hydroxylation sites is 1. The number of likely N-dealkylation sites (tertiary alicyclic amines) is 1. The molecule has 0 bridgehead atoms. The van der Waals surface area contributed by atoms with E-state index in [1.807, 2.05) is 41.6 Å². The average Bonchev–Trinajstić information content (AvgIpc) is 2.78. The van der Waals surface area contributed by atoms with Gasteiger partial charge in [0.15, 0.2) is 5.72 Å². The zero-order valence-electron chi connectivity index (χ0n) is 17.8. The van der Waals surface area contributed by atoms with E-state index in [1.54, 1.807) is 13.1 Å². The molecule has 1 unspecified atom stereocenters. The number of pyridine rings is 1. The minimum absolute atomic E-state index is 0.147. The summed E-state index contributed by atoms with van der Waals surface area (Å²) in [5.74, 6) is 1.34. The monoisotopic (exact) mass is 419 g/mol. The fourth-order valence-electron chi connectivity index (χ4n) is 4.82. The number of aromatic nitrogens is 1. The molecule has 3 aliphatic rings. The van der Waals surface area contributed by atoms with Crippen molar-refractivity contribution in [2.75, 3.05) is 18.4 Å². The number of rotatable bonds is 5. The lowest BCUT2D eigenvalue weighted by Gasteiger charge is -2.47. The van der Waals surface area contributed by atoms with Crippen molar-refractivity contribution in [1.29, 1.82) is 0 Å². The van der Waals surface area contributed by atoms with Gasteiger partial charge in [0.05, 0.1) is 17.8 Å². The second kappa shape index (κ2) is 8.30. The Labute approximate surface area is 182 Å². The van der Waals surface area contributed by atoms with Crippen molar-refractivity contribution in [3.8, 4) is 0 Å². The van der Waals surface area contributed by atoms with E-state index in [2.05, 4.69) is 27.8 Å². The van der Waals surface area contributed by atoms with E-state index < -0.39 is 5.72 Å². The van der Waals surface area contributed by atoms with E-state index in [4.69, 9.17) is 9.72 Å². The Bertz CT molecular complexity index is 1010. The summed E-state index contributed by atoms with van der Waals surface area (Å²) in [6, 6.07) is 12.7. The highest BCUT2D eigenvalue weighted by Crippen LogP contribution is 2.36. The third-order valence-electron chi connectivity index (χ3n) is 6.69. The number of carbonyl (C=O) groups excluding carboxylic acids is 1. The Morgan fingerprint density at radius 1 is 1.19 bits per heavy atom. The molecule has 2 N–H and O–H groups in total. The van der Waals surface area contributed by atoms with Crippen LogP contribution in [0, 0.1) is 5.92 Å². The first-order valence-electron chi connectivity index (χ1n) is 11.1. The van der Waals surface area contributed by atoms with Gasteiger partial charge in [-0.1, -0.05) is 18.2 Å². The molecule has 0 spiro atoms. The fourth-order valence-corrected chi connectivity index (χ4v) is 4.82. The van der Waals surface area contributed by atoms with Crippen LogP contribution in [-0.4, -0.2) is 53.0 Å². The van der Waals surface area contributed by atoms with Crippen molar-refractivity contribution in [3.63, 3.8) is 0 Å². The number of ether oxygens (including phenoxy) is 1. The van der Waals surface area contributed by atoms with E-state index in [9.17, 15) is 4.79 Å². The number of piperidine rings is 1. The van der Waals surface area contributed by atoms with Crippen LogP contribution < -0.4 is 10.6 Å². The summed E-state index contributed by atoms with van der Waals surface area (Å²) in [5.41, 5.74) is 0.416. The fraction of sp³-hybridized carbons (Fsp3) is 0.458. The maximum Gasteiger partial charge on any atom is 0.219 e. The molecule has 1 aromatic heterocycles. The van der Waals surface area contributed by atoms with E-state index in [-0.39, 0.29) is 17.9 Å². The molecule has 1 saturated carbocycles. The summed E-state index contributed by atoms with van der Waals surface area (Å²) < 4.78 is 6.61. The molecule has 1 aromatic carbocycles. The van der Waals surface area contributed by atoms with E-state index in [1.165, 1.54) is 0 Å². The van der Waals surface area contributed by atoms with Crippen LogP contribution in [0.15, 0.2) is 53.8 Å². The maximum atomic E-state index is 11.7.